The van der Waals surface area contributed by atoms with Gasteiger partial charge in [-0.1, -0.05) is 58.9 Å². The maximum atomic E-state index is 13.3. The third kappa shape index (κ3) is 5.19. The van der Waals surface area contributed by atoms with E-state index in [1.54, 1.807) is 14.2 Å². The number of benzene rings is 1. The Balaban J connectivity index is 1.84. The van der Waals surface area contributed by atoms with Crippen LogP contribution in [0.25, 0.3) is 0 Å². The van der Waals surface area contributed by atoms with Gasteiger partial charge in [-0.2, -0.15) is 0 Å². The molecule has 0 bridgehead atoms. The van der Waals surface area contributed by atoms with Gasteiger partial charge < -0.3 is 18.9 Å². The Morgan fingerprint density at radius 1 is 1.17 bits per heavy atom. The second kappa shape index (κ2) is 10.8. The van der Waals surface area contributed by atoms with Gasteiger partial charge in [0.15, 0.2) is 5.78 Å². The smallest absolute Gasteiger partial charge is 0.319 e. The van der Waals surface area contributed by atoms with Crippen molar-refractivity contribution in [2.75, 3.05) is 21.3 Å². The predicted molar refractivity (Wildman–Crippen MR) is 135 cm³/mol. The standard InChI is InChI=1S/C29H42O6/c1-18(12-13-23(33-7)21-10-9-11-22(16-21)32-6)26-19(2)14-15-29(35-26)24(27(31)34-8)25(30)20(3)17-28(29,4)5/h9-11,14-16,18-20,23-24,26H,12-13,17H2,1-8H3/t18-,19-,20+,23-,24-,26+,29-/m0/s1. The average Bonchev–Trinajstić information content (AvgIpc) is 2.84. The lowest BCUT2D eigenvalue weighted by molar-refractivity contribution is -0.215. The van der Waals surface area contributed by atoms with Crippen molar-refractivity contribution in [2.45, 2.75) is 71.7 Å². The van der Waals surface area contributed by atoms with Crippen molar-refractivity contribution in [2.24, 2.45) is 29.1 Å². The summed E-state index contributed by atoms with van der Waals surface area (Å²) < 4.78 is 23.2. The number of methoxy groups -OCH3 is 3. The lowest BCUT2D eigenvalue weighted by Crippen LogP contribution is -2.65. The summed E-state index contributed by atoms with van der Waals surface area (Å²) in [5, 5.41) is 0. The summed E-state index contributed by atoms with van der Waals surface area (Å²) in [6.07, 6.45) is 6.22. The molecule has 7 atom stereocenters. The second-order valence-electron chi connectivity index (χ2n) is 11.0. The van der Waals surface area contributed by atoms with Crippen LogP contribution in [0.3, 0.4) is 0 Å². The summed E-state index contributed by atoms with van der Waals surface area (Å²) in [6, 6.07) is 7.96. The van der Waals surface area contributed by atoms with Crippen molar-refractivity contribution in [3.8, 4) is 5.75 Å². The SMILES string of the molecule is COC(=O)[C@@H]1C(=O)[C@H](C)CC(C)(C)[C@]12C=C[C@H](C)[C@@H]([C@@H](C)CC[C@H](OC)c1cccc(OC)c1)O2. The number of Topliss-reactive ketones (excluding diaryl/α,β-unsaturated/α-hetero) is 1. The largest absolute Gasteiger partial charge is 0.497 e. The lowest BCUT2D eigenvalue weighted by atomic mass is 9.55. The zero-order valence-electron chi connectivity index (χ0n) is 22.5. The van der Waals surface area contributed by atoms with Crippen molar-refractivity contribution in [3.05, 3.63) is 42.0 Å². The number of hydrogen-bond acceptors (Lipinski definition) is 6. The van der Waals surface area contributed by atoms with Crippen LogP contribution >= 0.6 is 0 Å². The Morgan fingerprint density at radius 3 is 2.51 bits per heavy atom. The van der Waals surface area contributed by atoms with Crippen molar-refractivity contribution < 1.29 is 28.5 Å². The Hall–Kier alpha value is -2.18. The van der Waals surface area contributed by atoms with Crippen LogP contribution in [0.4, 0.5) is 0 Å². The van der Waals surface area contributed by atoms with E-state index < -0.39 is 22.9 Å². The molecule has 0 saturated heterocycles. The first-order valence-electron chi connectivity index (χ1n) is 12.7. The molecule has 1 aromatic carbocycles. The highest BCUT2D eigenvalue weighted by Crippen LogP contribution is 2.54. The van der Waals surface area contributed by atoms with Gasteiger partial charge in [-0.15, -0.1) is 0 Å². The van der Waals surface area contributed by atoms with Crippen LogP contribution in [0.15, 0.2) is 36.4 Å². The van der Waals surface area contributed by atoms with Gasteiger partial charge in [0.1, 0.15) is 17.3 Å². The van der Waals surface area contributed by atoms with Gasteiger partial charge in [0.2, 0.25) is 0 Å². The first kappa shape index (κ1) is 27.4. The molecule has 194 valence electrons. The Morgan fingerprint density at radius 2 is 1.89 bits per heavy atom. The van der Waals surface area contributed by atoms with E-state index in [-0.39, 0.29) is 35.7 Å². The summed E-state index contributed by atoms with van der Waals surface area (Å²) in [4.78, 5) is 26.2. The minimum absolute atomic E-state index is 0.0627. The summed E-state index contributed by atoms with van der Waals surface area (Å²) in [5.41, 5.74) is -0.363. The van der Waals surface area contributed by atoms with Crippen LogP contribution in [0.1, 0.15) is 65.5 Å². The van der Waals surface area contributed by atoms with Gasteiger partial charge in [-0.05, 0) is 48.3 Å². The molecule has 1 aromatic rings. The number of carbonyl (C=O) groups is 2. The topological polar surface area (TPSA) is 71.1 Å². The van der Waals surface area contributed by atoms with Crippen molar-refractivity contribution in [1.29, 1.82) is 0 Å². The molecule has 1 aliphatic carbocycles. The monoisotopic (exact) mass is 486 g/mol. The summed E-state index contributed by atoms with van der Waals surface area (Å²) in [5.74, 6) is -0.667. The fourth-order valence-corrected chi connectivity index (χ4v) is 6.12. The van der Waals surface area contributed by atoms with E-state index in [1.165, 1.54) is 7.11 Å². The number of carbonyl (C=O) groups excluding carboxylic acids is 2. The molecule has 1 fully saturated rings. The van der Waals surface area contributed by atoms with Gasteiger partial charge in [0.25, 0.3) is 0 Å². The normalized spacial score (nSPS) is 31.7. The van der Waals surface area contributed by atoms with E-state index in [2.05, 4.69) is 39.8 Å². The lowest BCUT2D eigenvalue weighted by Gasteiger charge is -2.56. The summed E-state index contributed by atoms with van der Waals surface area (Å²) in [7, 11) is 4.73. The van der Waals surface area contributed by atoms with E-state index in [9.17, 15) is 9.59 Å². The molecule has 1 spiro atoms. The zero-order chi connectivity index (χ0) is 26.0. The molecule has 3 rings (SSSR count). The Labute approximate surface area is 210 Å². The predicted octanol–water partition coefficient (Wildman–Crippen LogP) is 5.55. The van der Waals surface area contributed by atoms with Crippen molar-refractivity contribution >= 4 is 11.8 Å². The number of esters is 1. The molecule has 6 heteroatoms. The molecule has 0 unspecified atom stereocenters. The fraction of sp³-hybridized carbons (Fsp3) is 0.655. The van der Waals surface area contributed by atoms with E-state index in [0.29, 0.717) is 6.42 Å². The van der Waals surface area contributed by atoms with Crippen LogP contribution < -0.4 is 4.74 Å². The third-order valence-corrected chi connectivity index (χ3v) is 8.20. The number of ketones is 1. The highest BCUT2D eigenvalue weighted by Gasteiger charge is 2.63. The minimum Gasteiger partial charge on any atom is -0.497 e. The molecule has 2 aliphatic rings. The maximum Gasteiger partial charge on any atom is 0.319 e. The highest BCUT2D eigenvalue weighted by molar-refractivity contribution is 6.02. The highest BCUT2D eigenvalue weighted by atomic mass is 16.5. The molecule has 0 aromatic heterocycles. The minimum atomic E-state index is -1.03. The molecule has 1 saturated carbocycles. The first-order chi connectivity index (χ1) is 16.5. The van der Waals surface area contributed by atoms with Crippen LogP contribution in [-0.4, -0.2) is 44.8 Å². The second-order valence-corrected chi connectivity index (χ2v) is 11.0. The molecule has 1 heterocycles. The molecular weight excluding hydrogens is 444 g/mol. The van der Waals surface area contributed by atoms with Gasteiger partial charge >= 0.3 is 5.97 Å². The molecule has 0 radical (unpaired) electrons. The number of rotatable bonds is 8. The number of hydrogen-bond donors (Lipinski definition) is 0. The third-order valence-electron chi connectivity index (χ3n) is 8.20. The van der Waals surface area contributed by atoms with Gasteiger partial charge in [-0.3, -0.25) is 9.59 Å². The molecule has 0 N–H and O–H groups in total. The average molecular weight is 487 g/mol. The summed E-state index contributed by atoms with van der Waals surface area (Å²) >= 11 is 0. The molecule has 0 amide bonds. The Bertz CT molecular complexity index is 937. The van der Waals surface area contributed by atoms with E-state index in [4.69, 9.17) is 18.9 Å². The van der Waals surface area contributed by atoms with Crippen LogP contribution in [-0.2, 0) is 23.8 Å². The molecular formula is C29H42O6. The maximum absolute atomic E-state index is 13.3. The van der Waals surface area contributed by atoms with Crippen molar-refractivity contribution in [3.63, 3.8) is 0 Å². The van der Waals surface area contributed by atoms with E-state index in [1.807, 2.05) is 31.2 Å². The van der Waals surface area contributed by atoms with Crippen molar-refractivity contribution in [1.82, 2.24) is 0 Å². The van der Waals surface area contributed by atoms with E-state index in [0.717, 1.165) is 24.2 Å². The van der Waals surface area contributed by atoms with Gasteiger partial charge in [0.05, 0.1) is 26.4 Å². The molecule has 6 nitrogen and oxygen atoms in total. The van der Waals surface area contributed by atoms with Gasteiger partial charge in [0, 0.05) is 18.9 Å². The van der Waals surface area contributed by atoms with E-state index >= 15 is 0 Å². The van der Waals surface area contributed by atoms with Crippen LogP contribution in [0.5, 0.6) is 5.75 Å². The quantitative estimate of drug-likeness (QED) is 0.272. The molecule has 35 heavy (non-hydrogen) atoms. The fourth-order valence-electron chi connectivity index (χ4n) is 6.12. The van der Waals surface area contributed by atoms with Crippen LogP contribution in [0.2, 0.25) is 0 Å². The first-order valence-corrected chi connectivity index (χ1v) is 12.7. The molecule has 1 aliphatic heterocycles. The summed E-state index contributed by atoms with van der Waals surface area (Å²) in [6.45, 7) is 10.4. The zero-order valence-corrected chi connectivity index (χ0v) is 22.5. The number of ether oxygens (including phenoxy) is 4. The van der Waals surface area contributed by atoms with Crippen LogP contribution in [0, 0.1) is 29.1 Å². The Kier molecular flexibility index (Phi) is 8.48. The van der Waals surface area contributed by atoms with Gasteiger partial charge in [-0.25, -0.2) is 0 Å².